The Kier molecular flexibility index (Phi) is 3.15. The molecule has 0 fully saturated rings. The first kappa shape index (κ1) is 13.1. The number of para-hydroxylation sites is 2. The van der Waals surface area contributed by atoms with E-state index in [0.717, 1.165) is 13.0 Å². The number of nitrogens with zero attached hydrogens (tertiary/aromatic N) is 2. The van der Waals surface area contributed by atoms with Gasteiger partial charge in [0.2, 0.25) is 0 Å². The van der Waals surface area contributed by atoms with Gasteiger partial charge in [0, 0.05) is 40.5 Å². The molecule has 2 aromatic carbocycles. The molecule has 4 aromatic rings. The maximum absolute atomic E-state index is 2.44. The van der Waals surface area contributed by atoms with E-state index in [-0.39, 0.29) is 0 Å². The fourth-order valence-corrected chi connectivity index (χ4v) is 3.18. The van der Waals surface area contributed by atoms with E-state index < -0.39 is 0 Å². The van der Waals surface area contributed by atoms with Gasteiger partial charge < -0.3 is 4.57 Å². The van der Waals surface area contributed by atoms with E-state index in [1.807, 2.05) is 0 Å². The van der Waals surface area contributed by atoms with Crippen LogP contribution in [0.1, 0.15) is 5.56 Å². The Morgan fingerprint density at radius 2 is 1.32 bits per heavy atom. The second-order valence-electron chi connectivity index (χ2n) is 5.81. The quantitative estimate of drug-likeness (QED) is 0.506. The Balaban J connectivity index is 1.77. The number of pyridine rings is 1. The fourth-order valence-electron chi connectivity index (χ4n) is 3.18. The second kappa shape index (κ2) is 5.30. The molecule has 0 saturated carbocycles. The zero-order chi connectivity index (χ0) is 14.9. The van der Waals surface area contributed by atoms with Gasteiger partial charge in [-0.15, -0.1) is 0 Å². The topological polar surface area (TPSA) is 8.81 Å². The third-order valence-corrected chi connectivity index (χ3v) is 4.35. The molecule has 0 radical (unpaired) electrons. The zero-order valence-corrected chi connectivity index (χ0v) is 12.7. The molecular formula is C20H19N2+. The van der Waals surface area contributed by atoms with Crippen LogP contribution >= 0.6 is 0 Å². The molecule has 2 nitrogen and oxygen atoms in total. The van der Waals surface area contributed by atoms with Gasteiger partial charge in [-0.05, 0) is 24.1 Å². The maximum atomic E-state index is 2.44. The molecule has 2 aromatic heterocycles. The molecule has 4 rings (SSSR count). The average Bonchev–Trinajstić information content (AvgIpc) is 2.89. The molecular weight excluding hydrogens is 268 g/mol. The van der Waals surface area contributed by atoms with Crippen LogP contribution in [0.4, 0.5) is 0 Å². The smallest absolute Gasteiger partial charge is 0.168 e. The molecule has 0 spiro atoms. The third-order valence-electron chi connectivity index (χ3n) is 4.35. The molecule has 0 atom stereocenters. The highest BCUT2D eigenvalue weighted by molar-refractivity contribution is 6.07. The summed E-state index contributed by atoms with van der Waals surface area (Å²) < 4.78 is 4.52. The SMILES string of the molecule is C[n+]1ccc(CCn2c3ccccc3c3ccccc32)cc1. The number of hydrogen-bond acceptors (Lipinski definition) is 0. The van der Waals surface area contributed by atoms with Crippen LogP contribution in [0.15, 0.2) is 73.1 Å². The Labute approximate surface area is 130 Å². The van der Waals surface area contributed by atoms with Crippen LogP contribution in [0.3, 0.4) is 0 Å². The van der Waals surface area contributed by atoms with Gasteiger partial charge in [-0.25, -0.2) is 4.57 Å². The summed E-state index contributed by atoms with van der Waals surface area (Å²) in [6.45, 7) is 1.00. The van der Waals surface area contributed by atoms with Crippen molar-refractivity contribution in [2.24, 2.45) is 7.05 Å². The van der Waals surface area contributed by atoms with Crippen LogP contribution in [0.25, 0.3) is 21.8 Å². The van der Waals surface area contributed by atoms with Crippen molar-refractivity contribution in [2.45, 2.75) is 13.0 Å². The Morgan fingerprint density at radius 1 is 0.773 bits per heavy atom. The van der Waals surface area contributed by atoms with Crippen molar-refractivity contribution < 1.29 is 4.57 Å². The van der Waals surface area contributed by atoms with E-state index in [0.29, 0.717) is 0 Å². The second-order valence-corrected chi connectivity index (χ2v) is 5.81. The van der Waals surface area contributed by atoms with Crippen LogP contribution in [0, 0.1) is 0 Å². The van der Waals surface area contributed by atoms with Gasteiger partial charge in [0.1, 0.15) is 7.05 Å². The third kappa shape index (κ3) is 2.17. The van der Waals surface area contributed by atoms with E-state index in [1.54, 1.807) is 0 Å². The van der Waals surface area contributed by atoms with Gasteiger partial charge in [0.25, 0.3) is 0 Å². The highest BCUT2D eigenvalue weighted by Gasteiger charge is 2.09. The molecule has 2 heterocycles. The molecule has 2 heteroatoms. The summed E-state index contributed by atoms with van der Waals surface area (Å²) in [5, 5.41) is 2.69. The monoisotopic (exact) mass is 287 g/mol. The molecule has 0 unspecified atom stereocenters. The summed E-state index contributed by atoms with van der Waals surface area (Å²) in [5.41, 5.74) is 4.02. The number of aryl methyl sites for hydroxylation is 3. The standard InChI is InChI=1S/C20H19N2/c1-21-13-10-16(11-14-21)12-15-22-19-8-4-2-6-17(19)18-7-3-5-9-20(18)22/h2-11,13-14H,12,15H2,1H3/q+1. The lowest BCUT2D eigenvalue weighted by atomic mass is 10.2. The predicted octanol–water partition coefficient (Wildman–Crippen LogP) is 3.86. The lowest BCUT2D eigenvalue weighted by Gasteiger charge is -2.07. The molecule has 0 bridgehead atoms. The normalized spacial score (nSPS) is 11.3. The van der Waals surface area contributed by atoms with E-state index in [1.165, 1.54) is 27.4 Å². The Bertz CT molecular complexity index is 880. The Hall–Kier alpha value is -2.61. The fraction of sp³-hybridized carbons (Fsp3) is 0.150. The molecule has 0 N–H and O–H groups in total. The average molecular weight is 287 g/mol. The van der Waals surface area contributed by atoms with E-state index in [9.17, 15) is 0 Å². The van der Waals surface area contributed by atoms with Crippen LogP contribution in [0.5, 0.6) is 0 Å². The minimum absolute atomic E-state index is 1.00. The van der Waals surface area contributed by atoms with Gasteiger partial charge in [-0.3, -0.25) is 0 Å². The number of aromatic nitrogens is 2. The first-order chi connectivity index (χ1) is 10.8. The minimum atomic E-state index is 1.00. The zero-order valence-electron chi connectivity index (χ0n) is 12.7. The number of fused-ring (bicyclic) bond motifs is 3. The predicted molar refractivity (Wildman–Crippen MR) is 90.8 cm³/mol. The van der Waals surface area contributed by atoms with Crippen LogP contribution in [-0.4, -0.2) is 4.57 Å². The van der Waals surface area contributed by atoms with Crippen molar-refractivity contribution in [2.75, 3.05) is 0 Å². The van der Waals surface area contributed by atoms with Crippen LogP contribution in [-0.2, 0) is 20.0 Å². The molecule has 108 valence electrons. The highest BCUT2D eigenvalue weighted by atomic mass is 15.0. The van der Waals surface area contributed by atoms with E-state index >= 15 is 0 Å². The molecule has 22 heavy (non-hydrogen) atoms. The summed E-state index contributed by atoms with van der Waals surface area (Å²) in [6.07, 6.45) is 5.27. The van der Waals surface area contributed by atoms with Crippen molar-refractivity contribution >= 4 is 21.8 Å². The first-order valence-corrected chi connectivity index (χ1v) is 7.73. The van der Waals surface area contributed by atoms with E-state index in [2.05, 4.69) is 89.2 Å². The molecule has 0 aliphatic carbocycles. The number of hydrogen-bond donors (Lipinski definition) is 0. The van der Waals surface area contributed by atoms with Crippen LogP contribution in [0.2, 0.25) is 0 Å². The summed E-state index contributed by atoms with van der Waals surface area (Å²) in [4.78, 5) is 0. The summed E-state index contributed by atoms with van der Waals surface area (Å²) in [5.74, 6) is 0. The largest absolute Gasteiger partial charge is 0.340 e. The van der Waals surface area contributed by atoms with Gasteiger partial charge in [0.15, 0.2) is 12.4 Å². The van der Waals surface area contributed by atoms with Crippen LogP contribution < -0.4 is 4.57 Å². The van der Waals surface area contributed by atoms with Gasteiger partial charge in [0.05, 0.1) is 0 Å². The van der Waals surface area contributed by atoms with E-state index in [4.69, 9.17) is 0 Å². The summed E-state index contributed by atoms with van der Waals surface area (Å²) in [7, 11) is 2.05. The Morgan fingerprint density at radius 3 is 1.91 bits per heavy atom. The first-order valence-electron chi connectivity index (χ1n) is 7.73. The highest BCUT2D eigenvalue weighted by Crippen LogP contribution is 2.28. The van der Waals surface area contributed by atoms with Gasteiger partial charge in [-0.2, -0.15) is 0 Å². The minimum Gasteiger partial charge on any atom is -0.340 e. The number of benzene rings is 2. The van der Waals surface area contributed by atoms with Gasteiger partial charge in [-0.1, -0.05) is 36.4 Å². The van der Waals surface area contributed by atoms with Crippen molar-refractivity contribution in [3.8, 4) is 0 Å². The number of rotatable bonds is 3. The van der Waals surface area contributed by atoms with Crippen molar-refractivity contribution in [3.63, 3.8) is 0 Å². The van der Waals surface area contributed by atoms with Crippen molar-refractivity contribution in [1.82, 2.24) is 4.57 Å². The van der Waals surface area contributed by atoms with Crippen molar-refractivity contribution in [3.05, 3.63) is 78.6 Å². The maximum Gasteiger partial charge on any atom is 0.168 e. The van der Waals surface area contributed by atoms with Gasteiger partial charge >= 0.3 is 0 Å². The molecule has 0 aliphatic heterocycles. The lowest BCUT2D eigenvalue weighted by Crippen LogP contribution is -2.26. The lowest BCUT2D eigenvalue weighted by molar-refractivity contribution is -0.671. The molecule has 0 amide bonds. The summed E-state index contributed by atoms with van der Waals surface area (Å²) >= 11 is 0. The van der Waals surface area contributed by atoms with Crippen molar-refractivity contribution in [1.29, 1.82) is 0 Å². The molecule has 0 aliphatic rings. The summed E-state index contributed by atoms with van der Waals surface area (Å²) in [6, 6.07) is 21.8. The molecule has 0 saturated heterocycles.